The van der Waals surface area contributed by atoms with Crippen LogP contribution in [0.3, 0.4) is 0 Å². The van der Waals surface area contributed by atoms with Gasteiger partial charge in [-0.05, 0) is 19.9 Å². The van der Waals surface area contributed by atoms with Gasteiger partial charge < -0.3 is 0 Å². The standard InChI is InChI=1S/C7H11N/c1-4-6-7(3)8-5-2/h4-6H,2H2,1,3H3/b6-4-,8-7-. The quantitative estimate of drug-likeness (QED) is 0.482. The average molecular weight is 109 g/mol. The third-order valence-electron chi connectivity index (χ3n) is 0.703. The fourth-order valence-corrected chi connectivity index (χ4v) is 0.428. The van der Waals surface area contributed by atoms with Crippen LogP contribution in [0.15, 0.2) is 29.9 Å². The van der Waals surface area contributed by atoms with E-state index in [1.54, 1.807) is 0 Å². The summed E-state index contributed by atoms with van der Waals surface area (Å²) in [5.74, 6) is 0. The van der Waals surface area contributed by atoms with Gasteiger partial charge in [0.1, 0.15) is 0 Å². The second kappa shape index (κ2) is 4.31. The summed E-state index contributed by atoms with van der Waals surface area (Å²) in [6, 6.07) is 0. The smallest absolute Gasteiger partial charge is 0.0369 e. The van der Waals surface area contributed by atoms with Crippen LogP contribution in [0.4, 0.5) is 0 Å². The molecule has 44 valence electrons. The summed E-state index contributed by atoms with van der Waals surface area (Å²) in [5.41, 5.74) is 0.988. The van der Waals surface area contributed by atoms with Gasteiger partial charge in [-0.2, -0.15) is 0 Å². The Bertz CT molecular complexity index is 120. The number of aliphatic imine (C=N–C) groups is 1. The molecule has 0 saturated carbocycles. The summed E-state index contributed by atoms with van der Waals surface area (Å²) in [4.78, 5) is 3.91. The van der Waals surface area contributed by atoms with E-state index in [1.165, 1.54) is 6.20 Å². The first kappa shape index (κ1) is 7.15. The molecule has 8 heavy (non-hydrogen) atoms. The molecule has 0 atom stereocenters. The van der Waals surface area contributed by atoms with E-state index in [4.69, 9.17) is 0 Å². The van der Waals surface area contributed by atoms with E-state index in [9.17, 15) is 0 Å². The van der Waals surface area contributed by atoms with Crippen LogP contribution in [0.2, 0.25) is 0 Å². The molecule has 0 rings (SSSR count). The molecule has 0 radical (unpaired) electrons. The van der Waals surface area contributed by atoms with Crippen LogP contribution < -0.4 is 0 Å². The molecule has 0 aliphatic heterocycles. The second-order valence-corrected chi connectivity index (χ2v) is 1.45. The monoisotopic (exact) mass is 109 g/mol. The van der Waals surface area contributed by atoms with Gasteiger partial charge >= 0.3 is 0 Å². The molecule has 0 aromatic rings. The van der Waals surface area contributed by atoms with Crippen molar-refractivity contribution >= 4 is 5.71 Å². The average Bonchev–Trinajstić information content (AvgIpc) is 1.68. The van der Waals surface area contributed by atoms with E-state index in [2.05, 4.69) is 11.6 Å². The first-order valence-electron chi connectivity index (χ1n) is 2.59. The lowest BCUT2D eigenvalue weighted by Gasteiger charge is -1.82. The van der Waals surface area contributed by atoms with Crippen LogP contribution in [0.1, 0.15) is 13.8 Å². The molecular weight excluding hydrogens is 98.1 g/mol. The lowest BCUT2D eigenvalue weighted by molar-refractivity contribution is 1.55. The molecule has 0 heterocycles. The maximum atomic E-state index is 3.91. The highest BCUT2D eigenvalue weighted by atomic mass is 14.7. The van der Waals surface area contributed by atoms with E-state index in [0.717, 1.165) is 5.71 Å². The van der Waals surface area contributed by atoms with Gasteiger partial charge in [-0.25, -0.2) is 0 Å². The first-order chi connectivity index (χ1) is 3.81. The third-order valence-corrected chi connectivity index (χ3v) is 0.703. The molecule has 0 saturated heterocycles. The maximum Gasteiger partial charge on any atom is 0.0369 e. The van der Waals surface area contributed by atoms with Gasteiger partial charge in [-0.3, -0.25) is 4.99 Å². The fraction of sp³-hybridized carbons (Fsp3) is 0.286. The Labute approximate surface area is 50.4 Å². The molecule has 1 nitrogen and oxygen atoms in total. The summed E-state index contributed by atoms with van der Waals surface area (Å²) in [6.07, 6.45) is 5.42. The molecule has 1 heteroatoms. The molecule has 0 bridgehead atoms. The van der Waals surface area contributed by atoms with Crippen molar-refractivity contribution < 1.29 is 0 Å². The zero-order valence-electron chi connectivity index (χ0n) is 5.39. The van der Waals surface area contributed by atoms with Crippen molar-refractivity contribution in [1.82, 2.24) is 0 Å². The number of rotatable bonds is 2. The maximum absolute atomic E-state index is 3.91. The Hall–Kier alpha value is -0.850. The van der Waals surface area contributed by atoms with Gasteiger partial charge in [0, 0.05) is 11.9 Å². The van der Waals surface area contributed by atoms with Crippen LogP contribution in [-0.4, -0.2) is 5.71 Å². The van der Waals surface area contributed by atoms with Crippen molar-refractivity contribution in [2.45, 2.75) is 13.8 Å². The summed E-state index contributed by atoms with van der Waals surface area (Å²) in [7, 11) is 0. The van der Waals surface area contributed by atoms with E-state index < -0.39 is 0 Å². The molecular formula is C7H11N. The van der Waals surface area contributed by atoms with Crippen LogP contribution in [0.25, 0.3) is 0 Å². The van der Waals surface area contributed by atoms with Gasteiger partial charge in [-0.1, -0.05) is 12.7 Å². The lowest BCUT2D eigenvalue weighted by atomic mass is 10.4. The Morgan fingerprint density at radius 1 is 1.62 bits per heavy atom. The van der Waals surface area contributed by atoms with Crippen molar-refractivity contribution in [3.63, 3.8) is 0 Å². The summed E-state index contributed by atoms with van der Waals surface area (Å²) in [6.45, 7) is 7.35. The Morgan fingerprint density at radius 3 is 2.62 bits per heavy atom. The van der Waals surface area contributed by atoms with E-state index in [0.29, 0.717) is 0 Å². The van der Waals surface area contributed by atoms with Crippen molar-refractivity contribution in [3.8, 4) is 0 Å². The predicted octanol–water partition coefficient (Wildman–Crippen LogP) is 2.17. The molecule has 0 N–H and O–H groups in total. The highest BCUT2D eigenvalue weighted by Crippen LogP contribution is 1.79. The van der Waals surface area contributed by atoms with Gasteiger partial charge in [0.25, 0.3) is 0 Å². The molecule has 0 fully saturated rings. The summed E-state index contributed by atoms with van der Waals surface area (Å²) < 4.78 is 0. The van der Waals surface area contributed by atoms with Gasteiger partial charge in [0.05, 0.1) is 0 Å². The highest BCUT2D eigenvalue weighted by Gasteiger charge is 1.73. The first-order valence-corrected chi connectivity index (χ1v) is 2.59. The van der Waals surface area contributed by atoms with Gasteiger partial charge in [-0.15, -0.1) is 0 Å². The second-order valence-electron chi connectivity index (χ2n) is 1.45. The number of hydrogen-bond donors (Lipinski definition) is 0. The normalized spacial score (nSPS) is 12.5. The van der Waals surface area contributed by atoms with Crippen molar-refractivity contribution in [3.05, 3.63) is 24.9 Å². The number of allylic oxidation sites excluding steroid dienone is 2. The minimum Gasteiger partial charge on any atom is -0.262 e. The Kier molecular flexibility index (Phi) is 3.85. The van der Waals surface area contributed by atoms with Gasteiger partial charge in [0.15, 0.2) is 0 Å². The zero-order chi connectivity index (χ0) is 6.41. The summed E-state index contributed by atoms with van der Waals surface area (Å²) >= 11 is 0. The Balaban J connectivity index is 3.79. The van der Waals surface area contributed by atoms with Crippen molar-refractivity contribution in [2.75, 3.05) is 0 Å². The minimum absolute atomic E-state index is 0.988. The fourth-order valence-electron chi connectivity index (χ4n) is 0.428. The third kappa shape index (κ3) is 3.34. The predicted molar refractivity (Wildman–Crippen MR) is 38.1 cm³/mol. The van der Waals surface area contributed by atoms with Crippen LogP contribution in [-0.2, 0) is 0 Å². The van der Waals surface area contributed by atoms with Crippen molar-refractivity contribution in [1.29, 1.82) is 0 Å². The van der Waals surface area contributed by atoms with Gasteiger partial charge in [0.2, 0.25) is 0 Å². The topological polar surface area (TPSA) is 12.4 Å². The lowest BCUT2D eigenvalue weighted by Crippen LogP contribution is -1.79. The highest BCUT2D eigenvalue weighted by molar-refractivity contribution is 5.92. The molecule has 0 aromatic carbocycles. The molecule has 0 spiro atoms. The van der Waals surface area contributed by atoms with Crippen molar-refractivity contribution in [2.24, 2.45) is 4.99 Å². The largest absolute Gasteiger partial charge is 0.262 e. The van der Waals surface area contributed by atoms with Crippen LogP contribution in [0, 0.1) is 0 Å². The molecule has 0 aromatic heterocycles. The number of nitrogens with zero attached hydrogens (tertiary/aromatic N) is 1. The zero-order valence-corrected chi connectivity index (χ0v) is 5.39. The molecule has 0 unspecified atom stereocenters. The SMILES string of the molecule is C=C/N=C(C)\C=C/C. The minimum atomic E-state index is 0.988. The summed E-state index contributed by atoms with van der Waals surface area (Å²) in [5, 5.41) is 0. The van der Waals surface area contributed by atoms with E-state index >= 15 is 0 Å². The molecule has 0 amide bonds. The molecule has 0 aliphatic rings. The van der Waals surface area contributed by atoms with E-state index in [-0.39, 0.29) is 0 Å². The van der Waals surface area contributed by atoms with Crippen LogP contribution in [0.5, 0.6) is 0 Å². The number of hydrogen-bond acceptors (Lipinski definition) is 1. The van der Waals surface area contributed by atoms with E-state index in [1.807, 2.05) is 26.0 Å². The Morgan fingerprint density at radius 2 is 2.25 bits per heavy atom. The molecule has 0 aliphatic carbocycles. The van der Waals surface area contributed by atoms with Crippen LogP contribution >= 0.6 is 0 Å².